The molecule has 0 radical (unpaired) electrons. The first-order valence-corrected chi connectivity index (χ1v) is 21.3. The fourth-order valence-electron chi connectivity index (χ4n) is 12.0. The maximum atomic E-state index is 14.7. The van der Waals surface area contributed by atoms with Gasteiger partial charge in [0.2, 0.25) is 11.1 Å². The lowest BCUT2D eigenvalue weighted by molar-refractivity contribution is -0.167. The van der Waals surface area contributed by atoms with Crippen molar-refractivity contribution in [3.05, 3.63) is 123 Å². The third-order valence-corrected chi connectivity index (χ3v) is 14.8. The monoisotopic (exact) mass is 897 g/mol. The predicted molar refractivity (Wildman–Crippen MR) is 228 cm³/mol. The fourth-order valence-corrected chi connectivity index (χ4v) is 12.0. The van der Waals surface area contributed by atoms with Gasteiger partial charge in [0.25, 0.3) is 11.8 Å². The maximum Gasteiger partial charge on any atom is 0.416 e. The summed E-state index contributed by atoms with van der Waals surface area (Å²) in [5.41, 5.74) is 20.2. The fraction of sp³-hybridized carbons (Fsp3) is 0.404. The van der Waals surface area contributed by atoms with Crippen LogP contribution >= 0.6 is 0 Å². The smallest absolute Gasteiger partial charge is 0.375 e. The first-order valence-electron chi connectivity index (χ1n) is 21.3. The molecule has 0 saturated carbocycles. The lowest BCUT2D eigenvalue weighted by atomic mass is 9.59. The number of halogens is 3. The van der Waals surface area contributed by atoms with Crippen LogP contribution in [0.25, 0.3) is 5.69 Å². The molecule has 6 aliphatic rings. The summed E-state index contributed by atoms with van der Waals surface area (Å²) < 4.78 is 54.5. The lowest BCUT2D eigenvalue weighted by Crippen LogP contribution is -2.74. The Hall–Kier alpha value is -6.53. The average molecular weight is 898 g/mol. The van der Waals surface area contributed by atoms with Gasteiger partial charge in [0.1, 0.15) is 0 Å². The second-order valence-corrected chi connectivity index (χ2v) is 18.1. The molecule has 2 fully saturated rings. The molecule has 65 heavy (non-hydrogen) atoms. The first-order chi connectivity index (χ1) is 30.5. The molecule has 0 spiro atoms. The molecule has 4 amide bonds. The molecule has 342 valence electrons. The Balaban J connectivity index is 1.40. The number of alkyl halides is 3. The summed E-state index contributed by atoms with van der Waals surface area (Å²) in [6.07, 6.45) is -5.96. The van der Waals surface area contributed by atoms with Crippen molar-refractivity contribution in [1.82, 2.24) is 14.4 Å². The maximum absolute atomic E-state index is 14.7. The first kappa shape index (κ1) is 45.1. The highest BCUT2D eigenvalue weighted by Gasteiger charge is 2.69. The minimum Gasteiger partial charge on any atom is -0.375 e. The molecule has 8 N–H and O–H groups in total. The number of esters is 2. The van der Waals surface area contributed by atoms with E-state index >= 15 is 0 Å². The van der Waals surface area contributed by atoms with E-state index in [4.69, 9.17) is 32.4 Å². The third kappa shape index (κ3) is 6.46. The topological polar surface area (TPSA) is 236 Å². The summed E-state index contributed by atoms with van der Waals surface area (Å²) >= 11 is 0. The zero-order valence-electron chi connectivity index (χ0n) is 36.3. The van der Waals surface area contributed by atoms with E-state index < -0.39 is 81.7 Å². The van der Waals surface area contributed by atoms with Crippen molar-refractivity contribution < 1.29 is 51.4 Å². The summed E-state index contributed by atoms with van der Waals surface area (Å²) in [5, 5.41) is 0. The molecule has 3 aromatic carbocycles. The van der Waals surface area contributed by atoms with Gasteiger partial charge >= 0.3 is 30.3 Å². The van der Waals surface area contributed by atoms with Crippen LogP contribution in [0.2, 0.25) is 0 Å². The van der Waals surface area contributed by atoms with Crippen molar-refractivity contribution in [3.63, 3.8) is 0 Å². The number of rotatable bonds is 11. The van der Waals surface area contributed by atoms with E-state index in [1.54, 1.807) is 66.3 Å². The Morgan fingerprint density at radius 2 is 0.969 bits per heavy atom. The van der Waals surface area contributed by atoms with Crippen LogP contribution in [-0.4, -0.2) is 74.5 Å². The number of primary amides is 4. The van der Waals surface area contributed by atoms with E-state index in [1.807, 2.05) is 24.3 Å². The normalized spacial score (nSPS) is 24.6. The third-order valence-electron chi connectivity index (χ3n) is 14.8. The Morgan fingerprint density at radius 1 is 0.600 bits per heavy atom. The lowest BCUT2D eigenvalue weighted by Gasteiger charge is -2.53. The molecule has 10 rings (SSSR count). The van der Waals surface area contributed by atoms with E-state index in [2.05, 4.69) is 0 Å². The molecular weight excluding hydrogens is 848 g/mol. The van der Waals surface area contributed by atoms with E-state index in [-0.39, 0.29) is 44.5 Å². The highest BCUT2D eigenvalue weighted by molar-refractivity contribution is 6.12. The number of hydrogen-bond donors (Lipinski definition) is 4. The number of amides is 4. The quantitative estimate of drug-likeness (QED) is 0.115. The highest BCUT2D eigenvalue weighted by atomic mass is 19.4. The molecule has 15 nitrogen and oxygen atoms in total. The van der Waals surface area contributed by atoms with Crippen molar-refractivity contribution in [2.75, 3.05) is 13.1 Å². The van der Waals surface area contributed by atoms with Gasteiger partial charge in [0.05, 0.1) is 17.6 Å². The second kappa shape index (κ2) is 15.6. The molecule has 2 saturated heterocycles. The largest absolute Gasteiger partial charge is 0.416 e. The van der Waals surface area contributed by atoms with Crippen LogP contribution in [-0.2, 0) is 58.5 Å². The van der Waals surface area contributed by atoms with Crippen LogP contribution in [0, 0.1) is 13.8 Å². The van der Waals surface area contributed by atoms with E-state index in [9.17, 15) is 41.9 Å². The van der Waals surface area contributed by atoms with Crippen molar-refractivity contribution in [2.45, 2.75) is 106 Å². The predicted octanol–water partition coefficient (Wildman–Crippen LogP) is 5.11. The number of ether oxygens (including phenoxy) is 2. The van der Waals surface area contributed by atoms with Crippen molar-refractivity contribution in [3.8, 4) is 5.69 Å². The van der Waals surface area contributed by atoms with Crippen LogP contribution in [0.1, 0.15) is 102 Å². The van der Waals surface area contributed by atoms with Crippen LogP contribution in [0.3, 0.4) is 0 Å². The Bertz CT molecular complexity index is 2500. The van der Waals surface area contributed by atoms with E-state index in [0.717, 1.165) is 23.3 Å². The minimum atomic E-state index is -4.69. The number of carbonyl (C=O) groups excluding carboxylic acids is 6. The molecular formula is C47H50F3N7O8. The number of nitrogens with zero attached hydrogens (tertiary/aromatic N) is 3. The van der Waals surface area contributed by atoms with Crippen LogP contribution < -0.4 is 22.9 Å². The molecule has 4 bridgehead atoms. The highest BCUT2D eigenvalue weighted by Crippen LogP contribution is 2.55. The zero-order chi connectivity index (χ0) is 47.2. The minimum absolute atomic E-state index is 0.0786. The van der Waals surface area contributed by atoms with Crippen LogP contribution in [0.5, 0.6) is 0 Å². The van der Waals surface area contributed by atoms with E-state index in [0.29, 0.717) is 46.5 Å². The van der Waals surface area contributed by atoms with Crippen molar-refractivity contribution in [2.24, 2.45) is 22.9 Å². The average Bonchev–Trinajstić information content (AvgIpc) is 3.96. The van der Waals surface area contributed by atoms with Gasteiger partial charge in [0.15, 0.2) is 0 Å². The van der Waals surface area contributed by atoms with Crippen LogP contribution in [0.4, 0.5) is 22.8 Å². The van der Waals surface area contributed by atoms with Gasteiger partial charge in [-0.1, -0.05) is 62.4 Å². The van der Waals surface area contributed by atoms with Gasteiger partial charge in [0, 0.05) is 41.0 Å². The van der Waals surface area contributed by atoms with Gasteiger partial charge in [-0.3, -0.25) is 19.4 Å². The molecule has 2 aliphatic heterocycles. The molecule has 6 atom stereocenters. The number of benzene rings is 3. The molecule has 4 unspecified atom stereocenters. The number of fused-ring (bicyclic) bond motifs is 6. The zero-order valence-corrected chi connectivity index (χ0v) is 36.3. The second-order valence-electron chi connectivity index (χ2n) is 18.1. The summed E-state index contributed by atoms with van der Waals surface area (Å²) in [7, 11) is 0. The summed E-state index contributed by atoms with van der Waals surface area (Å²) in [6.45, 7) is 7.14. The van der Waals surface area contributed by atoms with Gasteiger partial charge in [-0.05, 0) is 110 Å². The van der Waals surface area contributed by atoms with Crippen LogP contribution in [0.15, 0.2) is 72.8 Å². The molecule has 1 aromatic heterocycles. The number of carbonyl (C=O) groups is 6. The Kier molecular flexibility index (Phi) is 10.8. The molecule has 4 aliphatic carbocycles. The Morgan fingerprint density at radius 3 is 1.26 bits per heavy atom. The van der Waals surface area contributed by atoms with E-state index in [1.165, 1.54) is 12.1 Å². The van der Waals surface area contributed by atoms with Crippen molar-refractivity contribution in [1.29, 1.82) is 0 Å². The SMILES string of the molecule is Cc1c(C)c(C2CCCN2[C@@](C(N)=O)(C(=O)OC(N)=O)C2(C)Cc3ccc2cc3)n(-c2ccc(C(F)(F)F)cc2)c1C1CCCN1[C@@](C(N)=O)(C(=O)OC(N)=O)C1(C)Cc2ccc1cc2. The van der Waals surface area contributed by atoms with Gasteiger partial charge in [-0.25, -0.2) is 19.2 Å². The van der Waals surface area contributed by atoms with Gasteiger partial charge in [-0.15, -0.1) is 0 Å². The Labute approximate surface area is 372 Å². The number of nitrogens with two attached hydrogens (primary N) is 4. The molecule has 18 heteroatoms. The number of aromatic nitrogens is 1. The number of hydrogen-bond acceptors (Lipinski definition) is 10. The standard InChI is InChI=1S/C47H50F3N7O8/c1-25-26(2)36(34-8-6-22-56(34)46(38(52)59,40(61)65-42(54)63)44(4)24-28-11-15-30(44)16-12-28)57(32-19-17-31(18-20-32)47(48,49)50)35(25)33-7-5-21-55(33)45(37(51)58,39(60)64-41(53)62)43(3)23-27-9-13-29(43)14-10-27/h9-20,33-34H,5-8,21-24H2,1-4H3,(H2,51,58)(H2,52,59)(H2,53,62)(H2,54,63)/t33?,34?,43?,44?,45-,46-/m0/s1. The van der Waals surface area contributed by atoms with Gasteiger partial charge in [-0.2, -0.15) is 13.2 Å². The summed E-state index contributed by atoms with van der Waals surface area (Å²) in [4.78, 5) is 86.4. The number of likely N-dealkylation sites (tertiary alicyclic amines) is 2. The van der Waals surface area contributed by atoms with Crippen molar-refractivity contribution >= 4 is 35.9 Å². The molecule has 3 heterocycles. The van der Waals surface area contributed by atoms with Gasteiger partial charge < -0.3 is 37.0 Å². The molecule has 4 aromatic rings. The summed E-state index contributed by atoms with van der Waals surface area (Å²) in [6, 6.07) is 17.1. The summed E-state index contributed by atoms with van der Waals surface area (Å²) in [5.74, 6) is -4.80.